The zero-order valence-corrected chi connectivity index (χ0v) is 15.8. The minimum atomic E-state index is -0.322. The van der Waals surface area contributed by atoms with Crippen LogP contribution in [0.4, 0.5) is 5.69 Å². The predicted octanol–water partition coefficient (Wildman–Crippen LogP) is 5.23. The number of carbonyl (C=O) groups is 1. The number of benzene rings is 1. The second kappa shape index (κ2) is 7.14. The van der Waals surface area contributed by atoms with Gasteiger partial charge in [0, 0.05) is 15.0 Å². The number of hydrogen-bond acceptors (Lipinski definition) is 3. The monoisotopic (exact) mass is 417 g/mol. The van der Waals surface area contributed by atoms with Crippen LogP contribution in [0, 0.1) is 11.8 Å². The summed E-state index contributed by atoms with van der Waals surface area (Å²) in [6.07, 6.45) is 3.49. The Morgan fingerprint density at radius 2 is 1.95 bits per heavy atom. The molecule has 0 saturated heterocycles. The molecule has 1 aliphatic rings. The third-order valence-corrected chi connectivity index (χ3v) is 5.49. The number of ether oxygens (including phenoxy) is 1. The highest BCUT2D eigenvalue weighted by atomic mass is 79.9. The molecule has 0 amide bonds. The fraction of sp³-hybridized carbons (Fsp3) is 0.562. The van der Waals surface area contributed by atoms with Crippen molar-refractivity contribution in [1.29, 1.82) is 0 Å². The molecule has 3 unspecified atom stereocenters. The van der Waals surface area contributed by atoms with Crippen molar-refractivity contribution in [3.8, 4) is 0 Å². The second-order valence-corrected chi connectivity index (χ2v) is 7.68. The lowest BCUT2D eigenvalue weighted by molar-refractivity contribution is 0.0601. The molecule has 0 heterocycles. The summed E-state index contributed by atoms with van der Waals surface area (Å²) < 4.78 is 6.62. The van der Waals surface area contributed by atoms with Gasteiger partial charge in [-0.1, -0.05) is 29.8 Å². The molecule has 0 aromatic heterocycles. The first-order valence-electron chi connectivity index (χ1n) is 7.26. The molecule has 3 nitrogen and oxygen atoms in total. The van der Waals surface area contributed by atoms with E-state index in [0.717, 1.165) is 33.4 Å². The van der Waals surface area contributed by atoms with E-state index >= 15 is 0 Å². The van der Waals surface area contributed by atoms with Gasteiger partial charge in [-0.05, 0) is 59.2 Å². The quantitative estimate of drug-likeness (QED) is 0.682. The highest BCUT2D eigenvalue weighted by Gasteiger charge is 2.26. The molecule has 1 saturated carbocycles. The van der Waals surface area contributed by atoms with Crippen molar-refractivity contribution in [2.24, 2.45) is 11.8 Å². The smallest absolute Gasteiger partial charge is 0.340 e. The van der Waals surface area contributed by atoms with E-state index in [1.54, 1.807) is 6.07 Å². The fourth-order valence-corrected chi connectivity index (χ4v) is 4.21. The number of carbonyl (C=O) groups excluding carboxylic acids is 1. The molecule has 1 fully saturated rings. The van der Waals surface area contributed by atoms with Crippen molar-refractivity contribution in [1.82, 2.24) is 0 Å². The van der Waals surface area contributed by atoms with Crippen molar-refractivity contribution >= 4 is 43.5 Å². The predicted molar refractivity (Wildman–Crippen MR) is 92.8 cm³/mol. The number of methoxy groups -OCH3 is 1. The van der Waals surface area contributed by atoms with Gasteiger partial charge >= 0.3 is 5.97 Å². The number of halogens is 2. The van der Waals surface area contributed by atoms with E-state index in [4.69, 9.17) is 4.74 Å². The Balaban J connectivity index is 2.25. The number of anilines is 1. The summed E-state index contributed by atoms with van der Waals surface area (Å²) in [7, 11) is 1.41. The molecular formula is C16H21Br2NO2. The van der Waals surface area contributed by atoms with Crippen LogP contribution in [0.1, 0.15) is 43.5 Å². The standard InChI is InChI=1S/C16H21Br2NO2/c1-9-4-5-12(6-10(9)2)19-15-13(16(20)21-3)7-11(17)8-14(15)18/h7-10,12,19H,4-6H2,1-3H3. The Morgan fingerprint density at radius 3 is 2.57 bits per heavy atom. The topological polar surface area (TPSA) is 38.3 Å². The van der Waals surface area contributed by atoms with Crippen LogP contribution < -0.4 is 5.32 Å². The molecule has 3 atom stereocenters. The van der Waals surface area contributed by atoms with E-state index < -0.39 is 0 Å². The zero-order valence-electron chi connectivity index (χ0n) is 12.6. The van der Waals surface area contributed by atoms with E-state index in [-0.39, 0.29) is 5.97 Å². The van der Waals surface area contributed by atoms with Gasteiger partial charge in [-0.25, -0.2) is 4.79 Å². The van der Waals surface area contributed by atoms with Gasteiger partial charge in [0.1, 0.15) is 0 Å². The summed E-state index contributed by atoms with van der Waals surface area (Å²) in [5.74, 6) is 1.15. The normalized spacial score (nSPS) is 25.5. The highest BCUT2D eigenvalue weighted by molar-refractivity contribution is 9.11. The van der Waals surface area contributed by atoms with Crippen LogP contribution in [0.25, 0.3) is 0 Å². The molecule has 2 rings (SSSR count). The molecule has 1 aromatic rings. The first-order valence-corrected chi connectivity index (χ1v) is 8.84. The average Bonchev–Trinajstić information content (AvgIpc) is 2.44. The lowest BCUT2D eigenvalue weighted by Crippen LogP contribution is -2.31. The van der Waals surface area contributed by atoms with E-state index in [9.17, 15) is 4.79 Å². The summed E-state index contributed by atoms with van der Waals surface area (Å²) >= 11 is 6.97. The molecule has 0 bridgehead atoms. The van der Waals surface area contributed by atoms with Gasteiger partial charge < -0.3 is 10.1 Å². The summed E-state index contributed by atoms with van der Waals surface area (Å²) in [6, 6.07) is 4.15. The maximum Gasteiger partial charge on any atom is 0.340 e. The minimum absolute atomic E-state index is 0.322. The summed E-state index contributed by atoms with van der Waals surface area (Å²) in [5, 5.41) is 3.54. The van der Waals surface area contributed by atoms with Crippen LogP contribution >= 0.6 is 31.9 Å². The molecule has 21 heavy (non-hydrogen) atoms. The first-order chi connectivity index (χ1) is 9.92. The highest BCUT2D eigenvalue weighted by Crippen LogP contribution is 2.36. The molecule has 5 heteroatoms. The molecule has 1 aliphatic carbocycles. The molecule has 116 valence electrons. The Kier molecular flexibility index (Phi) is 5.72. The lowest BCUT2D eigenvalue weighted by atomic mass is 9.79. The van der Waals surface area contributed by atoms with Crippen LogP contribution in [-0.4, -0.2) is 19.1 Å². The molecular weight excluding hydrogens is 398 g/mol. The Hall–Kier alpha value is -0.550. The maximum absolute atomic E-state index is 12.0. The number of nitrogens with one attached hydrogen (secondary N) is 1. The van der Waals surface area contributed by atoms with Crippen molar-refractivity contribution < 1.29 is 9.53 Å². The van der Waals surface area contributed by atoms with Gasteiger partial charge in [-0.3, -0.25) is 0 Å². The number of rotatable bonds is 3. The molecule has 0 radical (unpaired) electrons. The maximum atomic E-state index is 12.0. The summed E-state index contributed by atoms with van der Waals surface area (Å²) in [4.78, 5) is 12.0. The van der Waals surface area contributed by atoms with Gasteiger partial charge in [-0.2, -0.15) is 0 Å². The van der Waals surface area contributed by atoms with Gasteiger partial charge in [0.05, 0.1) is 18.4 Å². The van der Waals surface area contributed by atoms with Gasteiger partial charge in [0.15, 0.2) is 0 Å². The average molecular weight is 419 g/mol. The SMILES string of the molecule is COC(=O)c1cc(Br)cc(Br)c1NC1CCC(C)C(C)C1. The van der Waals surface area contributed by atoms with E-state index in [2.05, 4.69) is 51.0 Å². The van der Waals surface area contributed by atoms with Gasteiger partial charge in [0.25, 0.3) is 0 Å². The summed E-state index contributed by atoms with van der Waals surface area (Å²) in [5.41, 5.74) is 1.39. The van der Waals surface area contributed by atoms with Crippen LogP contribution in [0.2, 0.25) is 0 Å². The van der Waals surface area contributed by atoms with Crippen LogP contribution in [0.15, 0.2) is 21.1 Å². The fourth-order valence-electron chi connectivity index (χ4n) is 2.87. The van der Waals surface area contributed by atoms with Crippen LogP contribution in [-0.2, 0) is 4.74 Å². The van der Waals surface area contributed by atoms with Gasteiger partial charge in [-0.15, -0.1) is 0 Å². The first kappa shape index (κ1) is 16.8. The molecule has 1 aromatic carbocycles. The number of hydrogen-bond donors (Lipinski definition) is 1. The van der Waals surface area contributed by atoms with Crippen molar-refractivity contribution in [3.63, 3.8) is 0 Å². The Morgan fingerprint density at radius 1 is 1.24 bits per heavy atom. The summed E-state index contributed by atoms with van der Waals surface area (Å²) in [6.45, 7) is 4.62. The zero-order chi connectivity index (χ0) is 15.6. The number of esters is 1. The van der Waals surface area contributed by atoms with Crippen molar-refractivity contribution in [3.05, 3.63) is 26.6 Å². The molecule has 1 N–H and O–H groups in total. The van der Waals surface area contributed by atoms with E-state index in [0.29, 0.717) is 17.5 Å². The molecule has 0 spiro atoms. The van der Waals surface area contributed by atoms with Crippen LogP contribution in [0.5, 0.6) is 0 Å². The van der Waals surface area contributed by atoms with Crippen molar-refractivity contribution in [2.45, 2.75) is 39.2 Å². The Bertz CT molecular complexity index is 533. The minimum Gasteiger partial charge on any atom is -0.465 e. The molecule has 0 aliphatic heterocycles. The van der Waals surface area contributed by atoms with Crippen LogP contribution in [0.3, 0.4) is 0 Å². The van der Waals surface area contributed by atoms with E-state index in [1.165, 1.54) is 13.5 Å². The largest absolute Gasteiger partial charge is 0.465 e. The lowest BCUT2D eigenvalue weighted by Gasteiger charge is -2.33. The van der Waals surface area contributed by atoms with Gasteiger partial charge in [0.2, 0.25) is 0 Å². The van der Waals surface area contributed by atoms with E-state index in [1.807, 2.05) is 6.07 Å². The third kappa shape index (κ3) is 4.01. The van der Waals surface area contributed by atoms with Crippen molar-refractivity contribution in [2.75, 3.05) is 12.4 Å². The second-order valence-electron chi connectivity index (χ2n) is 5.91. The Labute approximate surface area is 143 Å². The third-order valence-electron chi connectivity index (χ3n) is 4.41.